The minimum atomic E-state index is -0.0325. The number of ether oxygens (including phenoxy) is 1. The molecule has 2 nitrogen and oxygen atoms in total. The molecule has 0 spiro atoms. The summed E-state index contributed by atoms with van der Waals surface area (Å²) in [5.41, 5.74) is 4.47. The van der Waals surface area contributed by atoms with Crippen LogP contribution in [0.2, 0.25) is 0 Å². The van der Waals surface area contributed by atoms with Crippen LogP contribution in [0.4, 0.5) is 0 Å². The van der Waals surface area contributed by atoms with Gasteiger partial charge in [-0.25, -0.2) is 0 Å². The van der Waals surface area contributed by atoms with Crippen molar-refractivity contribution in [2.45, 2.75) is 32.1 Å². The van der Waals surface area contributed by atoms with Crippen molar-refractivity contribution in [1.82, 2.24) is 0 Å². The second-order valence-electron chi connectivity index (χ2n) is 5.97. The third kappa shape index (κ3) is 3.07. The lowest BCUT2D eigenvalue weighted by molar-refractivity contribution is -0.116. The number of rotatable bonds is 5. The molecule has 0 fully saturated rings. The fourth-order valence-electron chi connectivity index (χ4n) is 3.34. The molecule has 0 amide bonds. The maximum atomic E-state index is 12.9. The van der Waals surface area contributed by atoms with E-state index in [2.05, 4.69) is 31.2 Å². The molecule has 0 saturated heterocycles. The van der Waals surface area contributed by atoms with E-state index >= 15 is 0 Å². The Bertz CT molecular complexity index is 711. The maximum Gasteiger partial charge on any atom is 0.166 e. The van der Waals surface area contributed by atoms with E-state index in [-0.39, 0.29) is 5.92 Å². The highest BCUT2D eigenvalue weighted by Gasteiger charge is 2.33. The predicted octanol–water partition coefficient (Wildman–Crippen LogP) is 5.01. The molecule has 2 heteroatoms. The standard InChI is InChI=1S/C21H22O2/c1-3-7-18-19(16-10-12-17(23-2)13-11-16)14-20(21(18)22)15-8-5-4-6-9-15/h4-6,8-13,20H,3,7,14H2,1-2H3. The first kappa shape index (κ1) is 15.5. The summed E-state index contributed by atoms with van der Waals surface area (Å²) < 4.78 is 5.23. The van der Waals surface area contributed by atoms with Gasteiger partial charge in [0.1, 0.15) is 5.75 Å². The number of benzene rings is 2. The largest absolute Gasteiger partial charge is 0.497 e. The van der Waals surface area contributed by atoms with E-state index in [0.29, 0.717) is 5.78 Å². The van der Waals surface area contributed by atoms with Crippen molar-refractivity contribution in [3.05, 3.63) is 71.3 Å². The Morgan fingerprint density at radius 1 is 1.04 bits per heavy atom. The molecule has 0 aromatic heterocycles. The number of Topliss-reactive ketones (excluding diaryl/α,β-unsaturated/α-hetero) is 1. The fourth-order valence-corrected chi connectivity index (χ4v) is 3.34. The number of allylic oxidation sites excluding steroid dienone is 2. The van der Waals surface area contributed by atoms with E-state index in [1.165, 1.54) is 5.57 Å². The number of carbonyl (C=O) groups is 1. The molecule has 0 aliphatic heterocycles. The van der Waals surface area contributed by atoms with Crippen LogP contribution in [-0.2, 0) is 4.79 Å². The van der Waals surface area contributed by atoms with Gasteiger partial charge in [-0.15, -0.1) is 0 Å². The average Bonchev–Trinajstić information content (AvgIpc) is 2.93. The molecular weight excluding hydrogens is 284 g/mol. The maximum absolute atomic E-state index is 12.9. The molecule has 0 heterocycles. The first-order chi connectivity index (χ1) is 11.2. The molecule has 0 radical (unpaired) electrons. The van der Waals surface area contributed by atoms with E-state index in [9.17, 15) is 4.79 Å². The zero-order valence-electron chi connectivity index (χ0n) is 13.7. The highest BCUT2D eigenvalue weighted by atomic mass is 16.5. The van der Waals surface area contributed by atoms with Crippen molar-refractivity contribution >= 4 is 11.4 Å². The molecule has 2 aromatic rings. The van der Waals surface area contributed by atoms with Crippen LogP contribution in [0.25, 0.3) is 5.57 Å². The zero-order valence-corrected chi connectivity index (χ0v) is 13.7. The van der Waals surface area contributed by atoms with Gasteiger partial charge in [-0.05, 0) is 47.2 Å². The lowest BCUT2D eigenvalue weighted by atomic mass is 9.93. The van der Waals surface area contributed by atoms with Crippen LogP contribution in [0.1, 0.15) is 43.2 Å². The fraction of sp³-hybridized carbons (Fsp3) is 0.286. The SMILES string of the molecule is CCCC1=C(c2ccc(OC)cc2)CC(c2ccccc2)C1=O. The van der Waals surface area contributed by atoms with Gasteiger partial charge in [0, 0.05) is 0 Å². The third-order valence-electron chi connectivity index (χ3n) is 4.53. The van der Waals surface area contributed by atoms with Crippen molar-refractivity contribution < 1.29 is 9.53 Å². The van der Waals surface area contributed by atoms with Crippen molar-refractivity contribution in [3.8, 4) is 5.75 Å². The number of hydrogen-bond donors (Lipinski definition) is 0. The Morgan fingerprint density at radius 3 is 2.35 bits per heavy atom. The van der Waals surface area contributed by atoms with Crippen molar-refractivity contribution in [2.75, 3.05) is 7.11 Å². The van der Waals surface area contributed by atoms with Gasteiger partial charge < -0.3 is 4.74 Å². The molecule has 1 atom stereocenters. The van der Waals surface area contributed by atoms with E-state index in [4.69, 9.17) is 4.74 Å². The van der Waals surface area contributed by atoms with Gasteiger partial charge in [0.15, 0.2) is 5.78 Å². The number of carbonyl (C=O) groups excluding carboxylic acids is 1. The first-order valence-corrected chi connectivity index (χ1v) is 8.20. The summed E-state index contributed by atoms with van der Waals surface area (Å²) in [6.45, 7) is 2.13. The monoisotopic (exact) mass is 306 g/mol. The Morgan fingerprint density at radius 2 is 1.74 bits per heavy atom. The van der Waals surface area contributed by atoms with Crippen LogP contribution in [0.5, 0.6) is 5.75 Å². The highest BCUT2D eigenvalue weighted by molar-refractivity contribution is 6.11. The molecule has 0 bridgehead atoms. The average molecular weight is 306 g/mol. The van der Waals surface area contributed by atoms with E-state index in [1.54, 1.807) is 7.11 Å². The summed E-state index contributed by atoms with van der Waals surface area (Å²) in [5.74, 6) is 1.11. The molecular formula is C21H22O2. The molecule has 0 N–H and O–H groups in total. The van der Waals surface area contributed by atoms with Gasteiger partial charge in [0.05, 0.1) is 13.0 Å². The third-order valence-corrected chi connectivity index (χ3v) is 4.53. The minimum Gasteiger partial charge on any atom is -0.497 e. The normalized spacial score (nSPS) is 17.7. The zero-order chi connectivity index (χ0) is 16.2. The molecule has 1 aliphatic carbocycles. The van der Waals surface area contributed by atoms with Crippen LogP contribution in [0.3, 0.4) is 0 Å². The lowest BCUT2D eigenvalue weighted by Crippen LogP contribution is -2.08. The first-order valence-electron chi connectivity index (χ1n) is 8.20. The molecule has 1 unspecified atom stereocenters. The molecule has 2 aromatic carbocycles. The van der Waals surface area contributed by atoms with Gasteiger partial charge in [0.2, 0.25) is 0 Å². The summed E-state index contributed by atoms with van der Waals surface area (Å²) in [7, 11) is 1.67. The molecule has 23 heavy (non-hydrogen) atoms. The van der Waals surface area contributed by atoms with Crippen LogP contribution >= 0.6 is 0 Å². The van der Waals surface area contributed by atoms with E-state index < -0.39 is 0 Å². The smallest absolute Gasteiger partial charge is 0.166 e. The Balaban J connectivity index is 1.96. The topological polar surface area (TPSA) is 26.3 Å². The number of hydrogen-bond acceptors (Lipinski definition) is 2. The predicted molar refractivity (Wildman–Crippen MR) is 93.6 cm³/mol. The van der Waals surface area contributed by atoms with Crippen LogP contribution in [-0.4, -0.2) is 12.9 Å². The van der Waals surface area contributed by atoms with Crippen molar-refractivity contribution in [2.24, 2.45) is 0 Å². The molecule has 3 rings (SSSR count). The lowest BCUT2D eigenvalue weighted by Gasteiger charge is -2.09. The van der Waals surface area contributed by atoms with Gasteiger partial charge in [0.25, 0.3) is 0 Å². The molecule has 118 valence electrons. The Kier molecular flexibility index (Phi) is 4.61. The van der Waals surface area contributed by atoms with Crippen molar-refractivity contribution in [1.29, 1.82) is 0 Å². The highest BCUT2D eigenvalue weighted by Crippen LogP contribution is 2.42. The quantitative estimate of drug-likeness (QED) is 0.776. The molecule has 1 aliphatic rings. The van der Waals surface area contributed by atoms with Crippen LogP contribution in [0.15, 0.2) is 60.2 Å². The molecule has 0 saturated carbocycles. The summed E-state index contributed by atoms with van der Waals surface area (Å²) >= 11 is 0. The second-order valence-corrected chi connectivity index (χ2v) is 5.97. The van der Waals surface area contributed by atoms with Crippen LogP contribution < -0.4 is 4.74 Å². The van der Waals surface area contributed by atoms with E-state index in [0.717, 1.165) is 41.7 Å². The number of methoxy groups -OCH3 is 1. The summed E-state index contributed by atoms with van der Waals surface area (Å²) in [6.07, 6.45) is 2.64. The van der Waals surface area contributed by atoms with E-state index in [1.807, 2.05) is 30.3 Å². The van der Waals surface area contributed by atoms with Crippen LogP contribution in [0, 0.1) is 0 Å². The summed E-state index contributed by atoms with van der Waals surface area (Å²) in [6, 6.07) is 18.2. The second kappa shape index (κ2) is 6.82. The van der Waals surface area contributed by atoms with Crippen molar-refractivity contribution in [3.63, 3.8) is 0 Å². The van der Waals surface area contributed by atoms with Gasteiger partial charge in [-0.2, -0.15) is 0 Å². The number of ketones is 1. The Labute approximate surface area is 137 Å². The Hall–Kier alpha value is -2.35. The van der Waals surface area contributed by atoms with Gasteiger partial charge in [-0.1, -0.05) is 55.8 Å². The summed E-state index contributed by atoms with van der Waals surface area (Å²) in [5, 5.41) is 0. The van der Waals surface area contributed by atoms with Gasteiger partial charge in [-0.3, -0.25) is 4.79 Å². The minimum absolute atomic E-state index is 0.0325. The van der Waals surface area contributed by atoms with Gasteiger partial charge >= 0.3 is 0 Å². The summed E-state index contributed by atoms with van der Waals surface area (Å²) in [4.78, 5) is 12.9.